The molecule has 2 atom stereocenters. The van der Waals surface area contributed by atoms with Crippen molar-refractivity contribution >= 4 is 28.3 Å². The second-order valence-electron chi connectivity index (χ2n) is 7.75. The maximum Gasteiger partial charge on any atom is 0.249 e. The summed E-state index contributed by atoms with van der Waals surface area (Å²) in [6.07, 6.45) is 3.69. The highest BCUT2D eigenvalue weighted by Gasteiger charge is 2.27. The molecule has 2 rings (SSSR count). The number of amides is 2. The third-order valence-corrected chi connectivity index (χ3v) is 5.86. The van der Waals surface area contributed by atoms with Crippen molar-refractivity contribution < 1.29 is 9.59 Å². The van der Waals surface area contributed by atoms with Crippen LogP contribution < -0.4 is 10.6 Å². The van der Waals surface area contributed by atoms with Gasteiger partial charge in [0.25, 0.3) is 0 Å². The number of aryl methyl sites for hydroxylation is 1. The van der Waals surface area contributed by atoms with Gasteiger partial charge >= 0.3 is 0 Å². The Labute approximate surface area is 177 Å². The van der Waals surface area contributed by atoms with E-state index in [2.05, 4.69) is 27.8 Å². The number of nitrogens with zero attached hydrogens (tertiary/aromatic N) is 2. The number of carbonyl (C=O) groups is 2. The van der Waals surface area contributed by atoms with Crippen molar-refractivity contribution in [3.05, 3.63) is 29.8 Å². The fourth-order valence-electron chi connectivity index (χ4n) is 3.05. The third kappa shape index (κ3) is 6.63. The maximum atomic E-state index is 12.8. The van der Waals surface area contributed by atoms with Gasteiger partial charge in [0.05, 0.1) is 0 Å². The van der Waals surface area contributed by atoms with Crippen molar-refractivity contribution in [1.29, 1.82) is 0 Å². The first kappa shape index (κ1) is 23.0. The molecule has 29 heavy (non-hydrogen) atoms. The number of rotatable bonds is 10. The van der Waals surface area contributed by atoms with Crippen molar-refractivity contribution in [2.24, 2.45) is 11.8 Å². The molecule has 2 amide bonds. The molecule has 1 aromatic heterocycles. The summed E-state index contributed by atoms with van der Waals surface area (Å²) in [5.41, 5.74) is 2.13. The minimum absolute atomic E-state index is 0.0351. The van der Waals surface area contributed by atoms with Crippen molar-refractivity contribution in [2.75, 3.05) is 5.32 Å². The van der Waals surface area contributed by atoms with Crippen LogP contribution in [-0.4, -0.2) is 28.1 Å². The Morgan fingerprint density at radius 1 is 1.07 bits per heavy atom. The average molecular weight is 417 g/mol. The van der Waals surface area contributed by atoms with Crippen LogP contribution in [0.15, 0.2) is 24.3 Å². The van der Waals surface area contributed by atoms with Crippen LogP contribution in [-0.2, 0) is 9.59 Å². The van der Waals surface area contributed by atoms with E-state index >= 15 is 0 Å². The summed E-state index contributed by atoms with van der Waals surface area (Å²) in [6.45, 7) is 10.0. The highest BCUT2D eigenvalue weighted by Crippen LogP contribution is 2.26. The molecule has 2 aromatic rings. The van der Waals surface area contributed by atoms with Crippen LogP contribution in [0.1, 0.15) is 58.9 Å². The lowest BCUT2D eigenvalue weighted by atomic mass is 9.96. The van der Waals surface area contributed by atoms with Crippen molar-refractivity contribution in [1.82, 2.24) is 15.5 Å². The second kappa shape index (κ2) is 11.0. The van der Waals surface area contributed by atoms with E-state index in [0.29, 0.717) is 5.13 Å². The Balaban J connectivity index is 2.04. The fourth-order valence-corrected chi connectivity index (χ4v) is 3.80. The Bertz CT molecular complexity index is 801. The first-order chi connectivity index (χ1) is 13.8. The summed E-state index contributed by atoms with van der Waals surface area (Å²) >= 11 is 1.32. The molecule has 0 bridgehead atoms. The first-order valence-electron chi connectivity index (χ1n) is 10.4. The van der Waals surface area contributed by atoms with Crippen molar-refractivity contribution in [2.45, 2.75) is 66.3 Å². The predicted molar refractivity (Wildman–Crippen MR) is 119 cm³/mol. The molecule has 0 saturated carbocycles. The summed E-state index contributed by atoms with van der Waals surface area (Å²) in [5.74, 6) is -0.400. The molecule has 2 unspecified atom stereocenters. The molecule has 1 heterocycles. The Kier molecular flexibility index (Phi) is 8.76. The zero-order valence-electron chi connectivity index (χ0n) is 18.0. The smallest absolute Gasteiger partial charge is 0.249 e. The normalized spacial score (nSPS) is 13.2. The number of carbonyl (C=O) groups excluding carboxylic acids is 2. The van der Waals surface area contributed by atoms with Gasteiger partial charge in [-0.1, -0.05) is 81.7 Å². The van der Waals surface area contributed by atoms with E-state index in [1.165, 1.54) is 16.9 Å². The summed E-state index contributed by atoms with van der Waals surface area (Å²) in [7, 11) is 0. The number of unbranched alkanes of at least 4 members (excludes halogenated alkanes) is 1. The quantitative estimate of drug-likeness (QED) is 0.582. The molecule has 0 fully saturated rings. The van der Waals surface area contributed by atoms with E-state index in [0.717, 1.165) is 36.3 Å². The lowest BCUT2D eigenvalue weighted by Gasteiger charge is -2.24. The van der Waals surface area contributed by atoms with Gasteiger partial charge in [-0.05, 0) is 25.7 Å². The molecular formula is C22H32N4O2S. The van der Waals surface area contributed by atoms with Crippen LogP contribution >= 0.6 is 11.3 Å². The van der Waals surface area contributed by atoms with Crippen LogP contribution in [0, 0.1) is 18.8 Å². The van der Waals surface area contributed by atoms with E-state index in [-0.39, 0.29) is 23.7 Å². The van der Waals surface area contributed by atoms with Crippen LogP contribution in [0.25, 0.3) is 10.6 Å². The second-order valence-corrected chi connectivity index (χ2v) is 8.72. The number of benzene rings is 1. The van der Waals surface area contributed by atoms with Gasteiger partial charge < -0.3 is 5.32 Å². The molecule has 7 heteroatoms. The lowest BCUT2D eigenvalue weighted by Crippen LogP contribution is -2.49. The van der Waals surface area contributed by atoms with Gasteiger partial charge in [-0.25, -0.2) is 0 Å². The number of anilines is 1. The standard InChI is InChI=1S/C22H32N4O2S/c1-6-8-9-16(7-2)19(27)23-18(14(3)4)20(28)24-22-26-25-21(29-22)17-12-10-15(5)11-13-17/h10-14,16,18H,6-9H2,1-5H3,(H,23,27)(H,24,26,28). The largest absolute Gasteiger partial charge is 0.344 e. The molecule has 0 aliphatic heterocycles. The van der Waals surface area contributed by atoms with Crippen LogP contribution in [0.3, 0.4) is 0 Å². The number of hydrogen-bond acceptors (Lipinski definition) is 5. The summed E-state index contributed by atoms with van der Waals surface area (Å²) < 4.78 is 0. The zero-order chi connectivity index (χ0) is 21.4. The molecule has 0 aliphatic carbocycles. The molecule has 6 nitrogen and oxygen atoms in total. The topological polar surface area (TPSA) is 84.0 Å². The zero-order valence-corrected chi connectivity index (χ0v) is 18.8. The predicted octanol–water partition coefficient (Wildman–Crippen LogP) is 4.81. The minimum Gasteiger partial charge on any atom is -0.344 e. The van der Waals surface area contributed by atoms with E-state index < -0.39 is 6.04 Å². The Morgan fingerprint density at radius 2 is 1.76 bits per heavy atom. The molecule has 0 aliphatic rings. The average Bonchev–Trinajstić information content (AvgIpc) is 3.15. The summed E-state index contributed by atoms with van der Waals surface area (Å²) in [5, 5.41) is 15.2. The maximum absolute atomic E-state index is 12.8. The van der Waals surface area contributed by atoms with Gasteiger partial charge in [-0.2, -0.15) is 0 Å². The number of nitrogens with one attached hydrogen (secondary N) is 2. The van der Waals surface area contributed by atoms with Crippen LogP contribution in [0.2, 0.25) is 0 Å². The monoisotopic (exact) mass is 416 g/mol. The highest BCUT2D eigenvalue weighted by atomic mass is 32.1. The van der Waals surface area contributed by atoms with Gasteiger partial charge in [0, 0.05) is 11.5 Å². The van der Waals surface area contributed by atoms with Gasteiger partial charge in [0.2, 0.25) is 16.9 Å². The van der Waals surface area contributed by atoms with Crippen molar-refractivity contribution in [3.8, 4) is 10.6 Å². The molecule has 2 N–H and O–H groups in total. The minimum atomic E-state index is -0.607. The molecule has 1 aromatic carbocycles. The van der Waals surface area contributed by atoms with E-state index in [4.69, 9.17) is 0 Å². The van der Waals surface area contributed by atoms with E-state index in [9.17, 15) is 9.59 Å². The molecule has 0 spiro atoms. The Morgan fingerprint density at radius 3 is 2.34 bits per heavy atom. The molecular weight excluding hydrogens is 384 g/mol. The fraction of sp³-hybridized carbons (Fsp3) is 0.545. The SMILES string of the molecule is CCCCC(CC)C(=O)NC(C(=O)Nc1nnc(-c2ccc(C)cc2)s1)C(C)C. The molecule has 0 radical (unpaired) electrons. The van der Waals surface area contributed by atoms with Gasteiger partial charge in [-0.3, -0.25) is 14.9 Å². The highest BCUT2D eigenvalue weighted by molar-refractivity contribution is 7.18. The third-order valence-electron chi connectivity index (χ3n) is 4.97. The van der Waals surface area contributed by atoms with Crippen LogP contribution in [0.4, 0.5) is 5.13 Å². The summed E-state index contributed by atoms with van der Waals surface area (Å²) in [4.78, 5) is 25.5. The number of aromatic nitrogens is 2. The first-order valence-corrected chi connectivity index (χ1v) is 11.2. The van der Waals surface area contributed by atoms with Gasteiger partial charge in [-0.15, -0.1) is 10.2 Å². The summed E-state index contributed by atoms with van der Waals surface area (Å²) in [6, 6.07) is 7.40. The van der Waals surface area contributed by atoms with Crippen molar-refractivity contribution in [3.63, 3.8) is 0 Å². The molecule has 158 valence electrons. The molecule has 0 saturated heterocycles. The van der Waals surface area contributed by atoms with Gasteiger partial charge in [0.15, 0.2) is 0 Å². The van der Waals surface area contributed by atoms with Gasteiger partial charge in [0.1, 0.15) is 11.0 Å². The lowest BCUT2D eigenvalue weighted by molar-refractivity contribution is -0.130. The van der Waals surface area contributed by atoms with Crippen LogP contribution in [0.5, 0.6) is 0 Å². The van der Waals surface area contributed by atoms with E-state index in [1.807, 2.05) is 52.0 Å². The Hall–Kier alpha value is -2.28. The van der Waals surface area contributed by atoms with E-state index in [1.54, 1.807) is 0 Å². The number of hydrogen-bond donors (Lipinski definition) is 2.